The molecule has 0 radical (unpaired) electrons. The number of benzene rings is 1. The fraction of sp³-hybridized carbons (Fsp3) is 0.250. The molecule has 1 rings (SSSR count). The first-order valence-electron chi connectivity index (χ1n) is 3.46. The number of nitrogens with two attached hydrogens (primary N) is 1. The van der Waals surface area contributed by atoms with E-state index in [1.807, 2.05) is 0 Å². The van der Waals surface area contributed by atoms with Crippen LogP contribution in [0.2, 0.25) is 0 Å². The van der Waals surface area contributed by atoms with Crippen LogP contribution in [0.5, 0.6) is 0 Å². The van der Waals surface area contributed by atoms with Crippen molar-refractivity contribution in [3.05, 3.63) is 29.3 Å². The van der Waals surface area contributed by atoms with Gasteiger partial charge in [0.25, 0.3) is 0 Å². The first-order chi connectivity index (χ1) is 5.93. The first kappa shape index (κ1) is 10.2. The van der Waals surface area contributed by atoms with Crippen molar-refractivity contribution in [3.8, 4) is 0 Å². The Morgan fingerprint density at radius 1 is 1.23 bits per heavy atom. The molecule has 0 saturated carbocycles. The Balaban J connectivity index is 3.16. The third kappa shape index (κ3) is 2.52. The van der Waals surface area contributed by atoms with E-state index in [1.165, 1.54) is 6.07 Å². The maximum Gasteiger partial charge on any atom is 0.416 e. The van der Waals surface area contributed by atoms with Crippen molar-refractivity contribution in [1.29, 1.82) is 0 Å². The summed E-state index contributed by atoms with van der Waals surface area (Å²) in [5.41, 5.74) is 4.96. The third-order valence-electron chi connectivity index (χ3n) is 1.50. The van der Waals surface area contributed by atoms with Crippen LogP contribution in [-0.4, -0.2) is 0 Å². The fourth-order valence-corrected chi connectivity index (χ4v) is 1.11. The van der Waals surface area contributed by atoms with Crippen molar-refractivity contribution in [2.45, 2.75) is 12.1 Å². The van der Waals surface area contributed by atoms with Crippen LogP contribution >= 0.6 is 11.6 Å². The van der Waals surface area contributed by atoms with Gasteiger partial charge in [-0.05, 0) is 23.8 Å². The van der Waals surface area contributed by atoms with Gasteiger partial charge >= 0.3 is 6.18 Å². The van der Waals surface area contributed by atoms with E-state index in [9.17, 15) is 13.2 Å². The smallest absolute Gasteiger partial charge is 0.399 e. The summed E-state index contributed by atoms with van der Waals surface area (Å²) in [6.07, 6.45) is -4.36. The summed E-state index contributed by atoms with van der Waals surface area (Å²) < 4.78 is 36.6. The largest absolute Gasteiger partial charge is 0.416 e. The Morgan fingerprint density at radius 3 is 2.31 bits per heavy atom. The van der Waals surface area contributed by atoms with E-state index < -0.39 is 11.7 Å². The summed E-state index contributed by atoms with van der Waals surface area (Å²) in [4.78, 5) is 0. The van der Waals surface area contributed by atoms with E-state index in [-0.39, 0.29) is 11.6 Å². The molecule has 2 N–H and O–H groups in total. The highest BCUT2D eigenvalue weighted by atomic mass is 35.5. The van der Waals surface area contributed by atoms with Crippen LogP contribution in [0.15, 0.2) is 18.2 Å². The predicted octanol–water partition coefficient (Wildman–Crippen LogP) is 3.03. The number of rotatable bonds is 1. The van der Waals surface area contributed by atoms with Crippen molar-refractivity contribution in [3.63, 3.8) is 0 Å². The van der Waals surface area contributed by atoms with E-state index >= 15 is 0 Å². The molecule has 1 aromatic rings. The molecule has 0 aromatic heterocycles. The highest BCUT2D eigenvalue weighted by Crippen LogP contribution is 2.31. The van der Waals surface area contributed by atoms with Crippen LogP contribution in [0.3, 0.4) is 0 Å². The molecule has 0 bridgehead atoms. The number of alkyl halides is 4. The highest BCUT2D eigenvalue weighted by Gasteiger charge is 2.30. The molecule has 0 spiro atoms. The van der Waals surface area contributed by atoms with Gasteiger partial charge in [0.05, 0.1) is 5.56 Å². The summed E-state index contributed by atoms with van der Waals surface area (Å²) in [6, 6.07) is 3.29. The average molecular weight is 210 g/mol. The molecule has 0 heterocycles. The second-order valence-corrected chi connectivity index (χ2v) is 2.86. The second-order valence-electron chi connectivity index (χ2n) is 2.59. The predicted molar refractivity (Wildman–Crippen MR) is 45.4 cm³/mol. The molecule has 5 heteroatoms. The molecule has 1 nitrogen and oxygen atoms in total. The summed E-state index contributed by atoms with van der Waals surface area (Å²) in [5, 5.41) is 0. The lowest BCUT2D eigenvalue weighted by molar-refractivity contribution is -0.137. The zero-order valence-corrected chi connectivity index (χ0v) is 7.28. The van der Waals surface area contributed by atoms with Crippen LogP contribution < -0.4 is 5.73 Å². The second kappa shape index (κ2) is 3.46. The quantitative estimate of drug-likeness (QED) is 0.558. The zero-order chi connectivity index (χ0) is 10.1. The van der Waals surface area contributed by atoms with Gasteiger partial charge in [0, 0.05) is 11.6 Å². The molecule has 0 amide bonds. The Hall–Kier alpha value is -0.900. The number of anilines is 1. The molecule has 0 aliphatic rings. The normalized spacial score (nSPS) is 11.7. The van der Waals surface area contributed by atoms with Gasteiger partial charge in [-0.1, -0.05) is 0 Å². The highest BCUT2D eigenvalue weighted by molar-refractivity contribution is 6.17. The minimum Gasteiger partial charge on any atom is -0.399 e. The monoisotopic (exact) mass is 209 g/mol. The minimum atomic E-state index is -4.36. The van der Waals surface area contributed by atoms with E-state index in [0.29, 0.717) is 5.56 Å². The standard InChI is InChI=1S/C8H7ClF3N/c9-4-5-1-6(8(10,11)12)3-7(13)2-5/h1-3H,4,13H2. The van der Waals surface area contributed by atoms with E-state index in [0.717, 1.165) is 12.1 Å². The molecule has 0 aliphatic heterocycles. The van der Waals surface area contributed by atoms with Crippen LogP contribution in [0.25, 0.3) is 0 Å². The van der Waals surface area contributed by atoms with Gasteiger partial charge in [-0.15, -0.1) is 11.6 Å². The number of hydrogen-bond donors (Lipinski definition) is 1. The summed E-state index contributed by atoms with van der Waals surface area (Å²) in [6.45, 7) is 0. The maximum atomic E-state index is 12.2. The molecular weight excluding hydrogens is 203 g/mol. The molecule has 0 saturated heterocycles. The Kier molecular flexibility index (Phi) is 2.71. The molecule has 1 aromatic carbocycles. The molecule has 0 unspecified atom stereocenters. The van der Waals surface area contributed by atoms with Crippen LogP contribution in [0.4, 0.5) is 18.9 Å². The van der Waals surface area contributed by atoms with Crippen LogP contribution in [0.1, 0.15) is 11.1 Å². The van der Waals surface area contributed by atoms with Gasteiger partial charge in [0.15, 0.2) is 0 Å². The molecule has 0 atom stereocenters. The third-order valence-corrected chi connectivity index (χ3v) is 1.81. The van der Waals surface area contributed by atoms with Gasteiger partial charge in [-0.2, -0.15) is 13.2 Å². The summed E-state index contributed by atoms with van der Waals surface area (Å²) in [5.74, 6) is 0.0219. The van der Waals surface area contributed by atoms with Gasteiger partial charge in [-0.25, -0.2) is 0 Å². The number of hydrogen-bond acceptors (Lipinski definition) is 1. The SMILES string of the molecule is Nc1cc(CCl)cc(C(F)(F)F)c1. The van der Waals surface area contributed by atoms with Crippen molar-refractivity contribution in [2.75, 3.05) is 5.73 Å². The van der Waals surface area contributed by atoms with E-state index in [2.05, 4.69) is 0 Å². The van der Waals surface area contributed by atoms with Gasteiger partial charge in [-0.3, -0.25) is 0 Å². The minimum absolute atomic E-state index is 0.0219. The molecule has 72 valence electrons. The Labute approximate surface area is 78.3 Å². The lowest BCUT2D eigenvalue weighted by Gasteiger charge is -2.08. The van der Waals surface area contributed by atoms with Crippen LogP contribution in [0, 0.1) is 0 Å². The molecule has 0 aliphatic carbocycles. The van der Waals surface area contributed by atoms with Gasteiger partial charge < -0.3 is 5.73 Å². The van der Waals surface area contributed by atoms with Crippen molar-refractivity contribution >= 4 is 17.3 Å². The topological polar surface area (TPSA) is 26.0 Å². The number of nitrogen functional groups attached to an aromatic ring is 1. The summed E-state index contributed by atoms with van der Waals surface area (Å²) in [7, 11) is 0. The zero-order valence-electron chi connectivity index (χ0n) is 6.53. The average Bonchev–Trinajstić information content (AvgIpc) is 2.01. The molecule has 13 heavy (non-hydrogen) atoms. The fourth-order valence-electron chi connectivity index (χ4n) is 0.959. The Morgan fingerprint density at radius 2 is 1.85 bits per heavy atom. The number of halogens is 4. The lowest BCUT2D eigenvalue weighted by Crippen LogP contribution is -2.06. The van der Waals surface area contributed by atoms with Crippen molar-refractivity contribution in [1.82, 2.24) is 0 Å². The lowest BCUT2D eigenvalue weighted by atomic mass is 10.1. The summed E-state index contributed by atoms with van der Waals surface area (Å²) >= 11 is 5.40. The van der Waals surface area contributed by atoms with Crippen LogP contribution in [-0.2, 0) is 12.1 Å². The van der Waals surface area contributed by atoms with Gasteiger partial charge in [0.1, 0.15) is 0 Å². The molecule has 0 fully saturated rings. The van der Waals surface area contributed by atoms with E-state index in [1.54, 1.807) is 0 Å². The van der Waals surface area contributed by atoms with Crippen molar-refractivity contribution < 1.29 is 13.2 Å². The first-order valence-corrected chi connectivity index (χ1v) is 3.99. The molecular formula is C8H7ClF3N. The van der Waals surface area contributed by atoms with E-state index in [4.69, 9.17) is 17.3 Å². The Bertz CT molecular complexity index is 309. The van der Waals surface area contributed by atoms with Gasteiger partial charge in [0.2, 0.25) is 0 Å². The maximum absolute atomic E-state index is 12.2. The van der Waals surface area contributed by atoms with Crippen molar-refractivity contribution in [2.24, 2.45) is 0 Å².